The first kappa shape index (κ1) is 12.0. The van der Waals surface area contributed by atoms with Crippen molar-refractivity contribution in [2.45, 2.75) is 6.92 Å². The molecule has 0 fully saturated rings. The average molecular weight is 247 g/mol. The van der Waals surface area contributed by atoms with Crippen LogP contribution < -0.4 is 21.3 Å². The molecule has 94 valence electrons. The molecule has 3 N–H and O–H groups in total. The molecule has 18 heavy (non-hydrogen) atoms. The second-order valence-electron chi connectivity index (χ2n) is 3.57. The van der Waals surface area contributed by atoms with Crippen LogP contribution in [0.5, 0.6) is 5.75 Å². The maximum absolute atomic E-state index is 11.5. The fraction of sp³-hybridized carbons (Fsp3) is 0.167. The Bertz CT molecular complexity index is 628. The van der Waals surface area contributed by atoms with Crippen LogP contribution in [0.25, 0.3) is 0 Å². The summed E-state index contributed by atoms with van der Waals surface area (Å²) in [6.45, 7) is 2.51. The molecule has 0 radical (unpaired) electrons. The summed E-state index contributed by atoms with van der Waals surface area (Å²) in [5.74, 6) is 0.762. The average Bonchev–Trinajstić information content (AvgIpc) is 2.35. The van der Waals surface area contributed by atoms with Crippen molar-refractivity contribution in [3.63, 3.8) is 0 Å². The molecule has 1 aromatic carbocycles. The van der Waals surface area contributed by atoms with Crippen LogP contribution in [-0.4, -0.2) is 16.6 Å². The normalized spacial score (nSPS) is 10.1. The van der Waals surface area contributed by atoms with E-state index < -0.39 is 11.2 Å². The summed E-state index contributed by atoms with van der Waals surface area (Å²) in [5, 5.41) is 2.90. The Hall–Kier alpha value is -2.50. The molecule has 2 rings (SSSR count). The van der Waals surface area contributed by atoms with E-state index >= 15 is 0 Å². The highest BCUT2D eigenvalue weighted by molar-refractivity contribution is 5.58. The van der Waals surface area contributed by atoms with Crippen LogP contribution in [0.4, 0.5) is 11.4 Å². The van der Waals surface area contributed by atoms with Crippen molar-refractivity contribution in [2.24, 2.45) is 0 Å². The second-order valence-corrected chi connectivity index (χ2v) is 3.57. The predicted octanol–water partition coefficient (Wildman–Crippen LogP) is 1.21. The van der Waals surface area contributed by atoms with Crippen molar-refractivity contribution < 1.29 is 4.74 Å². The molecule has 0 unspecified atom stereocenters. The molecule has 0 aliphatic rings. The fourth-order valence-electron chi connectivity index (χ4n) is 1.46. The molecular formula is C12H13N3O3. The number of anilines is 2. The maximum atomic E-state index is 11.5. The first-order valence-corrected chi connectivity index (χ1v) is 5.51. The van der Waals surface area contributed by atoms with Gasteiger partial charge in [0.25, 0.3) is 5.56 Å². The number of benzene rings is 1. The third-order valence-corrected chi connectivity index (χ3v) is 2.26. The molecule has 0 saturated carbocycles. The third kappa shape index (κ3) is 2.79. The molecule has 0 aliphatic carbocycles. The zero-order chi connectivity index (χ0) is 13.0. The van der Waals surface area contributed by atoms with E-state index in [0.29, 0.717) is 6.61 Å². The van der Waals surface area contributed by atoms with Crippen molar-refractivity contribution in [1.82, 2.24) is 9.97 Å². The first-order valence-electron chi connectivity index (χ1n) is 5.51. The molecule has 0 amide bonds. The minimum atomic E-state index is -0.530. The largest absolute Gasteiger partial charge is 0.494 e. The summed E-state index contributed by atoms with van der Waals surface area (Å²) in [4.78, 5) is 26.8. The highest BCUT2D eigenvalue weighted by Gasteiger charge is 2.00. The minimum absolute atomic E-state index is 0.277. The number of rotatable bonds is 4. The van der Waals surface area contributed by atoms with E-state index in [0.717, 1.165) is 11.4 Å². The summed E-state index contributed by atoms with van der Waals surface area (Å²) in [5.41, 5.74) is 0.0136. The number of ether oxygens (including phenoxy) is 1. The standard InChI is InChI=1S/C12H13N3O3/c1-2-18-9-5-3-8(4-6-9)14-10-7-13-12(17)15-11(10)16/h3-7,14H,2H2,1H3,(H2,13,15,16,17). The monoisotopic (exact) mass is 247 g/mol. The van der Waals surface area contributed by atoms with Crippen molar-refractivity contribution in [3.8, 4) is 5.75 Å². The molecule has 6 heteroatoms. The van der Waals surface area contributed by atoms with Gasteiger partial charge in [0.1, 0.15) is 11.4 Å². The highest BCUT2D eigenvalue weighted by atomic mass is 16.5. The second kappa shape index (κ2) is 5.22. The summed E-state index contributed by atoms with van der Waals surface area (Å²) < 4.78 is 5.31. The smallest absolute Gasteiger partial charge is 0.325 e. The van der Waals surface area contributed by atoms with Gasteiger partial charge in [0.05, 0.1) is 6.61 Å². The molecule has 0 spiro atoms. The van der Waals surface area contributed by atoms with E-state index in [1.807, 2.05) is 6.92 Å². The molecule has 6 nitrogen and oxygen atoms in total. The van der Waals surface area contributed by atoms with Gasteiger partial charge < -0.3 is 15.0 Å². The first-order chi connectivity index (χ1) is 8.69. The summed E-state index contributed by atoms with van der Waals surface area (Å²) in [6, 6.07) is 7.17. The Balaban J connectivity index is 2.18. The topological polar surface area (TPSA) is 87.0 Å². The molecular weight excluding hydrogens is 234 g/mol. The Kier molecular flexibility index (Phi) is 3.47. The van der Waals surface area contributed by atoms with Gasteiger partial charge in [0, 0.05) is 11.9 Å². The van der Waals surface area contributed by atoms with E-state index in [4.69, 9.17) is 4.74 Å². The zero-order valence-electron chi connectivity index (χ0n) is 9.82. The summed E-state index contributed by atoms with van der Waals surface area (Å²) in [6.07, 6.45) is 1.33. The molecule has 0 aliphatic heterocycles. The lowest BCUT2D eigenvalue weighted by atomic mass is 10.3. The lowest BCUT2D eigenvalue weighted by Crippen LogP contribution is -2.23. The third-order valence-electron chi connectivity index (χ3n) is 2.26. The van der Waals surface area contributed by atoms with E-state index in [2.05, 4.69) is 15.3 Å². The van der Waals surface area contributed by atoms with Crippen molar-refractivity contribution in [1.29, 1.82) is 0 Å². The molecule has 0 bridgehead atoms. The van der Waals surface area contributed by atoms with E-state index in [9.17, 15) is 9.59 Å². The van der Waals surface area contributed by atoms with Gasteiger partial charge in [-0.15, -0.1) is 0 Å². The van der Waals surface area contributed by atoms with Gasteiger partial charge in [0.2, 0.25) is 0 Å². The van der Waals surface area contributed by atoms with Crippen LogP contribution >= 0.6 is 0 Å². The molecule has 1 heterocycles. The van der Waals surface area contributed by atoms with Gasteiger partial charge in [0.15, 0.2) is 0 Å². The van der Waals surface area contributed by atoms with Gasteiger partial charge >= 0.3 is 5.69 Å². The summed E-state index contributed by atoms with van der Waals surface area (Å²) in [7, 11) is 0. The molecule has 1 aromatic heterocycles. The van der Waals surface area contributed by atoms with Crippen LogP contribution in [0.1, 0.15) is 6.92 Å². The van der Waals surface area contributed by atoms with E-state index in [1.54, 1.807) is 24.3 Å². The van der Waals surface area contributed by atoms with Crippen molar-refractivity contribution >= 4 is 11.4 Å². The lowest BCUT2D eigenvalue weighted by molar-refractivity contribution is 0.340. The minimum Gasteiger partial charge on any atom is -0.494 e. The van der Waals surface area contributed by atoms with Crippen LogP contribution in [0, 0.1) is 0 Å². The molecule has 0 saturated heterocycles. The Morgan fingerprint density at radius 1 is 1.22 bits per heavy atom. The van der Waals surface area contributed by atoms with Crippen LogP contribution in [0.2, 0.25) is 0 Å². The zero-order valence-corrected chi connectivity index (χ0v) is 9.82. The SMILES string of the molecule is CCOc1ccc(Nc2c[nH]c(=O)[nH]c2=O)cc1. The quantitative estimate of drug-likeness (QED) is 0.757. The van der Waals surface area contributed by atoms with Gasteiger partial charge in [-0.1, -0.05) is 0 Å². The fourth-order valence-corrected chi connectivity index (χ4v) is 1.46. The van der Waals surface area contributed by atoms with Crippen LogP contribution in [-0.2, 0) is 0 Å². The highest BCUT2D eigenvalue weighted by Crippen LogP contribution is 2.17. The van der Waals surface area contributed by atoms with Crippen molar-refractivity contribution in [2.75, 3.05) is 11.9 Å². The Morgan fingerprint density at radius 3 is 2.56 bits per heavy atom. The Morgan fingerprint density at radius 2 is 1.94 bits per heavy atom. The number of hydrogen-bond donors (Lipinski definition) is 3. The predicted molar refractivity (Wildman–Crippen MR) is 68.6 cm³/mol. The number of aromatic amines is 2. The maximum Gasteiger partial charge on any atom is 0.325 e. The van der Waals surface area contributed by atoms with Gasteiger partial charge in [-0.2, -0.15) is 0 Å². The van der Waals surface area contributed by atoms with Gasteiger partial charge in [-0.25, -0.2) is 4.79 Å². The lowest BCUT2D eigenvalue weighted by Gasteiger charge is -2.06. The van der Waals surface area contributed by atoms with Crippen LogP contribution in [0.15, 0.2) is 40.1 Å². The van der Waals surface area contributed by atoms with E-state index in [-0.39, 0.29) is 5.69 Å². The van der Waals surface area contributed by atoms with Crippen molar-refractivity contribution in [3.05, 3.63) is 51.3 Å². The van der Waals surface area contributed by atoms with E-state index in [1.165, 1.54) is 6.20 Å². The Labute approximate surface area is 103 Å². The number of hydrogen-bond acceptors (Lipinski definition) is 4. The number of aromatic nitrogens is 2. The number of H-pyrrole nitrogens is 2. The van der Waals surface area contributed by atoms with Gasteiger partial charge in [-0.05, 0) is 31.2 Å². The number of nitrogens with one attached hydrogen (secondary N) is 3. The van der Waals surface area contributed by atoms with Crippen LogP contribution in [0.3, 0.4) is 0 Å². The molecule has 2 aromatic rings. The van der Waals surface area contributed by atoms with Gasteiger partial charge in [-0.3, -0.25) is 9.78 Å². The summed E-state index contributed by atoms with van der Waals surface area (Å²) >= 11 is 0. The molecule has 0 atom stereocenters.